The second kappa shape index (κ2) is 7.05. The van der Waals surface area contributed by atoms with Crippen LogP contribution in [0.3, 0.4) is 0 Å². The van der Waals surface area contributed by atoms with E-state index in [9.17, 15) is 8.42 Å². The minimum atomic E-state index is -2.90. The lowest BCUT2D eigenvalue weighted by Gasteiger charge is -2.32. The molecule has 0 aromatic carbocycles. The highest BCUT2D eigenvalue weighted by Crippen LogP contribution is 2.29. The Morgan fingerprint density at radius 2 is 2.25 bits per heavy atom. The first-order chi connectivity index (χ1) is 9.50. The molecule has 3 nitrogen and oxygen atoms in total. The molecule has 3 atom stereocenters. The highest BCUT2D eigenvalue weighted by Gasteiger charge is 2.30. The van der Waals surface area contributed by atoms with E-state index in [1.54, 1.807) is 11.3 Å². The number of rotatable bonds is 6. The summed E-state index contributed by atoms with van der Waals surface area (Å²) in [7, 11) is -2.90. The van der Waals surface area contributed by atoms with Gasteiger partial charge in [-0.3, -0.25) is 0 Å². The van der Waals surface area contributed by atoms with Crippen molar-refractivity contribution < 1.29 is 8.42 Å². The molecule has 0 bridgehead atoms. The minimum Gasteiger partial charge on any atom is -0.306 e. The molecule has 1 aromatic heterocycles. The molecule has 0 aliphatic heterocycles. The number of sulfone groups is 1. The van der Waals surface area contributed by atoms with E-state index in [-0.39, 0.29) is 5.25 Å². The largest absolute Gasteiger partial charge is 0.306 e. The molecule has 0 saturated heterocycles. The molecule has 114 valence electrons. The van der Waals surface area contributed by atoms with E-state index in [0.717, 1.165) is 38.5 Å². The fraction of sp³-hybridized carbons (Fsp3) is 0.733. The van der Waals surface area contributed by atoms with E-state index in [0.29, 0.717) is 12.1 Å². The van der Waals surface area contributed by atoms with Crippen molar-refractivity contribution in [3.63, 3.8) is 0 Å². The van der Waals surface area contributed by atoms with Gasteiger partial charge in [0.2, 0.25) is 0 Å². The van der Waals surface area contributed by atoms with Gasteiger partial charge in [-0.15, -0.1) is 11.3 Å². The Labute approximate surface area is 126 Å². The van der Waals surface area contributed by atoms with Crippen molar-refractivity contribution in [3.8, 4) is 0 Å². The second-order valence-electron chi connectivity index (χ2n) is 5.84. The fourth-order valence-corrected chi connectivity index (χ4v) is 5.05. The van der Waals surface area contributed by atoms with Crippen LogP contribution in [0.5, 0.6) is 0 Å². The maximum atomic E-state index is 11.7. The van der Waals surface area contributed by atoms with Crippen LogP contribution in [0.4, 0.5) is 0 Å². The zero-order valence-corrected chi connectivity index (χ0v) is 14.0. The Morgan fingerprint density at radius 3 is 2.85 bits per heavy atom. The number of hydrogen-bond acceptors (Lipinski definition) is 4. The Kier molecular flexibility index (Phi) is 5.64. The number of thiophene rings is 1. The maximum Gasteiger partial charge on any atom is 0.150 e. The molecular weight excluding hydrogens is 290 g/mol. The molecule has 2 rings (SSSR count). The third-order valence-corrected chi connectivity index (χ3v) is 6.76. The van der Waals surface area contributed by atoms with Crippen LogP contribution in [0.25, 0.3) is 0 Å². The SMILES string of the molecule is CCCC(NC1CCCC(S(C)(=O)=O)C1)c1cccs1. The van der Waals surface area contributed by atoms with Crippen LogP contribution < -0.4 is 5.32 Å². The average molecular weight is 316 g/mol. The average Bonchev–Trinajstić information content (AvgIpc) is 2.91. The molecule has 0 amide bonds. The molecule has 5 heteroatoms. The van der Waals surface area contributed by atoms with Crippen molar-refractivity contribution in [2.24, 2.45) is 0 Å². The van der Waals surface area contributed by atoms with E-state index >= 15 is 0 Å². The monoisotopic (exact) mass is 315 g/mol. The zero-order chi connectivity index (χ0) is 14.6. The van der Waals surface area contributed by atoms with Gasteiger partial charge in [0.1, 0.15) is 9.84 Å². The van der Waals surface area contributed by atoms with Gasteiger partial charge in [-0.05, 0) is 37.1 Å². The Hall–Kier alpha value is -0.390. The van der Waals surface area contributed by atoms with Gasteiger partial charge >= 0.3 is 0 Å². The van der Waals surface area contributed by atoms with Crippen LogP contribution in [0.1, 0.15) is 56.4 Å². The standard InChI is InChI=1S/C15H25NO2S2/c1-3-6-14(15-9-5-10-19-15)16-12-7-4-8-13(11-12)20(2,17)18/h5,9-10,12-14,16H,3-4,6-8,11H2,1-2H3. The van der Waals surface area contributed by atoms with Crippen molar-refractivity contribution in [3.05, 3.63) is 22.4 Å². The summed E-state index contributed by atoms with van der Waals surface area (Å²) in [6.45, 7) is 2.20. The molecular formula is C15H25NO2S2. The van der Waals surface area contributed by atoms with Crippen molar-refractivity contribution in [1.29, 1.82) is 0 Å². The molecule has 0 spiro atoms. The summed E-state index contributed by atoms with van der Waals surface area (Å²) in [4.78, 5) is 1.37. The first-order valence-electron chi connectivity index (χ1n) is 7.49. The van der Waals surface area contributed by atoms with E-state index in [1.165, 1.54) is 11.1 Å². The molecule has 1 aromatic rings. The second-order valence-corrected chi connectivity index (χ2v) is 9.14. The molecule has 3 unspecified atom stereocenters. The van der Waals surface area contributed by atoms with E-state index < -0.39 is 9.84 Å². The van der Waals surface area contributed by atoms with Gasteiger partial charge in [0.25, 0.3) is 0 Å². The van der Waals surface area contributed by atoms with E-state index in [1.807, 2.05) is 0 Å². The molecule has 1 N–H and O–H groups in total. The smallest absolute Gasteiger partial charge is 0.150 e. The third-order valence-electron chi connectivity index (χ3n) is 4.13. The van der Waals surface area contributed by atoms with Gasteiger partial charge in [0.05, 0.1) is 5.25 Å². The van der Waals surface area contributed by atoms with Crippen LogP contribution >= 0.6 is 11.3 Å². The summed E-state index contributed by atoms with van der Waals surface area (Å²) in [5.74, 6) is 0. The molecule has 1 heterocycles. The van der Waals surface area contributed by atoms with Crippen molar-refractivity contribution in [2.45, 2.75) is 62.8 Å². The summed E-state index contributed by atoms with van der Waals surface area (Å²) in [5.41, 5.74) is 0. The summed E-state index contributed by atoms with van der Waals surface area (Å²) in [5, 5.41) is 5.66. The van der Waals surface area contributed by atoms with Crippen LogP contribution in [0, 0.1) is 0 Å². The van der Waals surface area contributed by atoms with Crippen LogP contribution in [0.2, 0.25) is 0 Å². The highest BCUT2D eigenvalue weighted by molar-refractivity contribution is 7.91. The normalized spacial score (nSPS) is 25.5. The van der Waals surface area contributed by atoms with Crippen LogP contribution in [-0.2, 0) is 9.84 Å². The van der Waals surface area contributed by atoms with Crippen molar-refractivity contribution in [2.75, 3.05) is 6.26 Å². The molecule has 1 aliphatic rings. The molecule has 1 fully saturated rings. The van der Waals surface area contributed by atoms with Gasteiger partial charge in [-0.2, -0.15) is 0 Å². The van der Waals surface area contributed by atoms with Crippen molar-refractivity contribution >= 4 is 21.2 Å². The third kappa shape index (κ3) is 4.30. The van der Waals surface area contributed by atoms with Crippen LogP contribution in [0.15, 0.2) is 17.5 Å². The first-order valence-corrected chi connectivity index (χ1v) is 10.3. The van der Waals surface area contributed by atoms with Gasteiger partial charge in [0.15, 0.2) is 0 Å². The number of hydrogen-bond donors (Lipinski definition) is 1. The van der Waals surface area contributed by atoms with Gasteiger partial charge in [-0.25, -0.2) is 8.42 Å². The Balaban J connectivity index is 2.00. The van der Waals surface area contributed by atoms with Gasteiger partial charge < -0.3 is 5.32 Å². The van der Waals surface area contributed by atoms with Gasteiger partial charge in [-0.1, -0.05) is 25.8 Å². The van der Waals surface area contributed by atoms with E-state index in [2.05, 4.69) is 29.8 Å². The lowest BCUT2D eigenvalue weighted by atomic mass is 9.93. The quantitative estimate of drug-likeness (QED) is 0.873. The first kappa shape index (κ1) is 16.0. The molecule has 20 heavy (non-hydrogen) atoms. The van der Waals surface area contributed by atoms with Gasteiger partial charge in [0, 0.05) is 23.2 Å². The lowest BCUT2D eigenvalue weighted by Crippen LogP contribution is -2.40. The predicted octanol–water partition coefficient (Wildman–Crippen LogP) is 3.53. The highest BCUT2D eigenvalue weighted by atomic mass is 32.2. The summed E-state index contributed by atoms with van der Waals surface area (Å²) in [6.07, 6.45) is 7.33. The predicted molar refractivity (Wildman–Crippen MR) is 86.0 cm³/mol. The van der Waals surface area contributed by atoms with Crippen molar-refractivity contribution in [1.82, 2.24) is 5.32 Å². The fourth-order valence-electron chi connectivity index (χ4n) is 3.06. The Bertz CT molecular complexity index is 496. The summed E-state index contributed by atoms with van der Waals surface area (Å²) < 4.78 is 23.5. The summed E-state index contributed by atoms with van der Waals surface area (Å²) in [6, 6.07) is 4.98. The summed E-state index contributed by atoms with van der Waals surface area (Å²) >= 11 is 1.79. The zero-order valence-electron chi connectivity index (χ0n) is 12.3. The molecule has 1 saturated carbocycles. The van der Waals surface area contributed by atoms with Crippen LogP contribution in [-0.4, -0.2) is 26.0 Å². The maximum absolute atomic E-state index is 11.7. The van der Waals surface area contributed by atoms with E-state index in [4.69, 9.17) is 0 Å². The molecule has 0 radical (unpaired) electrons. The topological polar surface area (TPSA) is 46.2 Å². The Morgan fingerprint density at radius 1 is 1.45 bits per heavy atom. The number of nitrogens with one attached hydrogen (secondary N) is 1. The lowest BCUT2D eigenvalue weighted by molar-refractivity contribution is 0.331. The molecule has 1 aliphatic carbocycles. The minimum absolute atomic E-state index is 0.153.